The lowest BCUT2D eigenvalue weighted by molar-refractivity contribution is 0.102. The van der Waals surface area contributed by atoms with Crippen molar-refractivity contribution in [2.75, 3.05) is 5.32 Å². The lowest BCUT2D eigenvalue weighted by atomic mass is 10.1. The topological polar surface area (TPSA) is 70.7 Å². The zero-order chi connectivity index (χ0) is 14.8. The molecule has 7 heteroatoms. The molecule has 1 aromatic carbocycles. The van der Waals surface area contributed by atoms with Gasteiger partial charge in [-0.1, -0.05) is 23.5 Å². The Morgan fingerprint density at radius 2 is 2.00 bits per heavy atom. The number of nitrogens with one attached hydrogen (secondary N) is 2. The summed E-state index contributed by atoms with van der Waals surface area (Å²) < 4.78 is 12.9. The number of anilines is 1. The van der Waals surface area contributed by atoms with Gasteiger partial charge >= 0.3 is 0 Å². The van der Waals surface area contributed by atoms with E-state index in [2.05, 4.69) is 20.5 Å². The molecule has 2 aromatic heterocycles. The second-order valence-electron chi connectivity index (χ2n) is 4.39. The molecule has 0 radical (unpaired) electrons. The van der Waals surface area contributed by atoms with Crippen molar-refractivity contribution in [2.24, 2.45) is 0 Å². The molecule has 0 aliphatic carbocycles. The number of hydrogen-bond donors (Lipinski definition) is 2. The van der Waals surface area contributed by atoms with E-state index < -0.39 is 0 Å². The molecule has 3 aromatic rings. The molecule has 1 amide bonds. The lowest BCUT2D eigenvalue weighted by Gasteiger charge is -1.98. The number of carbonyl (C=O) groups is 1. The molecule has 0 unspecified atom stereocenters. The largest absolute Gasteiger partial charge is 0.357 e. The van der Waals surface area contributed by atoms with Crippen LogP contribution in [0.2, 0.25) is 0 Å². The summed E-state index contributed by atoms with van der Waals surface area (Å²) in [4.78, 5) is 15.0. The van der Waals surface area contributed by atoms with Crippen molar-refractivity contribution in [2.45, 2.75) is 6.92 Å². The van der Waals surface area contributed by atoms with Crippen molar-refractivity contribution in [1.82, 2.24) is 15.2 Å². The highest BCUT2D eigenvalue weighted by atomic mass is 32.1. The van der Waals surface area contributed by atoms with Gasteiger partial charge in [0.15, 0.2) is 0 Å². The normalized spacial score (nSPS) is 10.6. The molecule has 5 nitrogen and oxygen atoms in total. The molecule has 0 saturated carbocycles. The monoisotopic (exact) mass is 302 g/mol. The smallest absolute Gasteiger partial charge is 0.273 e. The molecule has 106 valence electrons. The third kappa shape index (κ3) is 2.97. The highest BCUT2D eigenvalue weighted by Crippen LogP contribution is 2.21. The van der Waals surface area contributed by atoms with Gasteiger partial charge in [0.05, 0.1) is 0 Å². The minimum atomic E-state index is -0.293. The van der Waals surface area contributed by atoms with Crippen LogP contribution >= 0.6 is 11.3 Å². The molecule has 0 fully saturated rings. The van der Waals surface area contributed by atoms with Gasteiger partial charge in [0.1, 0.15) is 16.5 Å². The van der Waals surface area contributed by atoms with E-state index in [0.29, 0.717) is 10.8 Å². The van der Waals surface area contributed by atoms with Crippen LogP contribution in [0, 0.1) is 12.7 Å². The first-order valence-corrected chi connectivity index (χ1v) is 6.99. The predicted molar refractivity (Wildman–Crippen MR) is 78.8 cm³/mol. The molecule has 0 bridgehead atoms. The maximum Gasteiger partial charge on any atom is 0.273 e. The summed E-state index contributed by atoms with van der Waals surface area (Å²) in [5.41, 5.74) is 2.05. The third-order valence-electron chi connectivity index (χ3n) is 2.85. The van der Waals surface area contributed by atoms with Crippen molar-refractivity contribution in [1.29, 1.82) is 0 Å². The van der Waals surface area contributed by atoms with Gasteiger partial charge in [-0.05, 0) is 36.2 Å². The van der Waals surface area contributed by atoms with Crippen LogP contribution in [0.5, 0.6) is 0 Å². The van der Waals surface area contributed by atoms with Gasteiger partial charge in [-0.15, -0.1) is 10.2 Å². The fourth-order valence-electron chi connectivity index (χ4n) is 1.85. The zero-order valence-electron chi connectivity index (χ0n) is 11.1. The molecule has 21 heavy (non-hydrogen) atoms. The molecular formula is C14H11FN4OS. The number of hydrogen-bond acceptors (Lipinski definition) is 4. The van der Waals surface area contributed by atoms with Crippen molar-refractivity contribution < 1.29 is 9.18 Å². The van der Waals surface area contributed by atoms with Crippen molar-refractivity contribution >= 4 is 22.4 Å². The summed E-state index contributed by atoms with van der Waals surface area (Å²) >= 11 is 1.31. The van der Waals surface area contributed by atoms with Gasteiger partial charge in [-0.2, -0.15) is 0 Å². The van der Waals surface area contributed by atoms with Crippen LogP contribution in [-0.2, 0) is 0 Å². The average Bonchev–Trinajstić information content (AvgIpc) is 3.09. The van der Waals surface area contributed by atoms with E-state index in [1.165, 1.54) is 23.5 Å². The van der Waals surface area contributed by atoms with E-state index in [0.717, 1.165) is 16.1 Å². The number of H-pyrrole nitrogens is 1. The van der Waals surface area contributed by atoms with Crippen LogP contribution in [0.25, 0.3) is 11.1 Å². The van der Waals surface area contributed by atoms with Crippen LogP contribution in [0.4, 0.5) is 9.52 Å². The number of carbonyl (C=O) groups excluding carboxylic acids is 1. The lowest BCUT2D eigenvalue weighted by Crippen LogP contribution is -2.11. The summed E-state index contributed by atoms with van der Waals surface area (Å²) in [7, 11) is 0. The Morgan fingerprint density at radius 1 is 1.24 bits per heavy atom. The van der Waals surface area contributed by atoms with Crippen molar-refractivity contribution in [3.05, 3.63) is 53.0 Å². The van der Waals surface area contributed by atoms with Gasteiger partial charge < -0.3 is 4.98 Å². The fourth-order valence-corrected chi connectivity index (χ4v) is 2.43. The van der Waals surface area contributed by atoms with Gasteiger partial charge in [-0.25, -0.2) is 4.39 Å². The van der Waals surface area contributed by atoms with Crippen molar-refractivity contribution in [3.8, 4) is 11.1 Å². The second kappa shape index (κ2) is 5.45. The molecule has 0 atom stereocenters. The van der Waals surface area contributed by atoms with Crippen molar-refractivity contribution in [3.63, 3.8) is 0 Å². The van der Waals surface area contributed by atoms with Gasteiger partial charge in [0.25, 0.3) is 5.91 Å². The fraction of sp³-hybridized carbons (Fsp3) is 0.0714. The number of halogens is 1. The standard InChI is InChI=1S/C14H11FN4OS/c1-8-18-19-14(21-8)17-13(20)12-6-10(7-16-12)9-2-4-11(15)5-3-9/h2-7,16H,1H3,(H,17,19,20). The van der Waals surface area contributed by atoms with Gasteiger partial charge in [-0.3, -0.25) is 10.1 Å². The molecule has 0 spiro atoms. The van der Waals surface area contributed by atoms with Crippen LogP contribution in [0.1, 0.15) is 15.5 Å². The van der Waals surface area contributed by atoms with Crippen LogP contribution in [0.15, 0.2) is 36.5 Å². The number of nitrogens with zero attached hydrogens (tertiary/aromatic N) is 2. The van der Waals surface area contributed by atoms with E-state index in [1.54, 1.807) is 24.4 Å². The third-order valence-corrected chi connectivity index (χ3v) is 3.61. The van der Waals surface area contributed by atoms with E-state index in [9.17, 15) is 9.18 Å². The first-order valence-electron chi connectivity index (χ1n) is 6.17. The molecule has 3 rings (SSSR count). The molecule has 0 saturated heterocycles. The molecule has 2 heterocycles. The quantitative estimate of drug-likeness (QED) is 0.780. The summed E-state index contributed by atoms with van der Waals surface area (Å²) in [6.07, 6.45) is 1.70. The molecule has 0 aliphatic rings. The summed E-state index contributed by atoms with van der Waals surface area (Å²) in [5.74, 6) is -0.585. The zero-order valence-corrected chi connectivity index (χ0v) is 11.9. The maximum atomic E-state index is 12.9. The average molecular weight is 302 g/mol. The first kappa shape index (κ1) is 13.4. The number of aryl methyl sites for hydroxylation is 1. The molecule has 2 N–H and O–H groups in total. The molecule has 0 aliphatic heterocycles. The SMILES string of the molecule is Cc1nnc(NC(=O)c2cc(-c3ccc(F)cc3)c[nH]2)s1. The highest BCUT2D eigenvalue weighted by Gasteiger charge is 2.12. The Balaban J connectivity index is 1.78. The predicted octanol–water partition coefficient (Wildman–Crippen LogP) is 3.23. The Labute approximate surface area is 123 Å². The summed E-state index contributed by atoms with van der Waals surface area (Å²) in [6, 6.07) is 7.79. The van der Waals surface area contributed by atoms with E-state index in [1.807, 2.05) is 6.92 Å². The van der Waals surface area contributed by atoms with Crippen LogP contribution in [0.3, 0.4) is 0 Å². The van der Waals surface area contributed by atoms with E-state index in [-0.39, 0.29) is 11.7 Å². The minimum Gasteiger partial charge on any atom is -0.357 e. The van der Waals surface area contributed by atoms with E-state index >= 15 is 0 Å². The molecular weight excluding hydrogens is 291 g/mol. The number of amides is 1. The Bertz CT molecular complexity index is 778. The number of aromatic nitrogens is 3. The highest BCUT2D eigenvalue weighted by molar-refractivity contribution is 7.15. The number of rotatable bonds is 3. The van der Waals surface area contributed by atoms with Crippen LogP contribution < -0.4 is 5.32 Å². The first-order chi connectivity index (χ1) is 10.1. The van der Waals surface area contributed by atoms with Gasteiger partial charge in [0, 0.05) is 6.20 Å². The van der Waals surface area contributed by atoms with Gasteiger partial charge in [0.2, 0.25) is 5.13 Å². The van der Waals surface area contributed by atoms with Crippen LogP contribution in [-0.4, -0.2) is 21.1 Å². The Kier molecular flexibility index (Phi) is 3.49. The second-order valence-corrected chi connectivity index (χ2v) is 5.57. The minimum absolute atomic E-state index is 0.292. The summed E-state index contributed by atoms with van der Waals surface area (Å²) in [5, 5.41) is 11.6. The maximum absolute atomic E-state index is 12.9. The van der Waals surface area contributed by atoms with E-state index in [4.69, 9.17) is 0 Å². The Hall–Kier alpha value is -2.54. The Morgan fingerprint density at radius 3 is 2.67 bits per heavy atom. The summed E-state index contributed by atoms with van der Waals surface area (Å²) in [6.45, 7) is 1.81. The number of aromatic amines is 1. The number of benzene rings is 1.